The van der Waals surface area contributed by atoms with Gasteiger partial charge in [0.1, 0.15) is 29.1 Å². The van der Waals surface area contributed by atoms with Gasteiger partial charge in [0.05, 0.1) is 11.9 Å². The van der Waals surface area contributed by atoms with Crippen molar-refractivity contribution in [2.75, 3.05) is 33.4 Å². The second-order valence-electron chi connectivity index (χ2n) is 8.04. The molecular weight excluding hydrogens is 450 g/mol. The number of hydrogen-bond donors (Lipinski definition) is 2. The van der Waals surface area contributed by atoms with E-state index in [4.69, 9.17) is 21.1 Å². The fourth-order valence-electron chi connectivity index (χ4n) is 3.31. The predicted octanol–water partition coefficient (Wildman–Crippen LogP) is 4.04. The third kappa shape index (κ3) is 7.02. The van der Waals surface area contributed by atoms with Crippen molar-refractivity contribution in [3.05, 3.63) is 56.4 Å². The summed E-state index contributed by atoms with van der Waals surface area (Å²) in [6.45, 7) is 6.45. The molecule has 0 fully saturated rings. The molecule has 0 unspecified atom stereocenters. The van der Waals surface area contributed by atoms with Crippen molar-refractivity contribution in [2.45, 2.75) is 38.8 Å². The maximum absolute atomic E-state index is 12.6. The number of H-pyrrole nitrogens is 1. The smallest absolute Gasteiger partial charge is 0.259 e. The van der Waals surface area contributed by atoms with Gasteiger partial charge >= 0.3 is 0 Å². The standard InChI is InChI=1S/C23H30ClN3O4S/c1-15(2)20-11-19-22(29)25-21(26-23(19)32-20)13-27(9-4-10-30-3)12-17(28)14-31-18-7-5-16(24)6-8-18/h5-8,11,15,17,28H,4,9-10,12-14H2,1-3H3,(H,25,26,29)/t17-/m0/s1. The maximum atomic E-state index is 12.6. The van der Waals surface area contributed by atoms with Gasteiger partial charge in [-0.25, -0.2) is 4.98 Å². The lowest BCUT2D eigenvalue weighted by atomic mass is 10.2. The number of thiophene rings is 1. The first kappa shape index (κ1) is 24.7. The van der Waals surface area contributed by atoms with Crippen molar-refractivity contribution in [2.24, 2.45) is 0 Å². The van der Waals surface area contributed by atoms with Gasteiger partial charge in [-0.2, -0.15) is 0 Å². The molecule has 0 spiro atoms. The Morgan fingerprint density at radius 1 is 1.28 bits per heavy atom. The maximum Gasteiger partial charge on any atom is 0.259 e. The molecule has 2 N–H and O–H groups in total. The van der Waals surface area contributed by atoms with Crippen molar-refractivity contribution in [3.63, 3.8) is 0 Å². The highest BCUT2D eigenvalue weighted by atomic mass is 35.5. The summed E-state index contributed by atoms with van der Waals surface area (Å²) in [5.74, 6) is 1.58. The molecule has 2 heterocycles. The normalized spacial score (nSPS) is 12.7. The van der Waals surface area contributed by atoms with Crippen molar-refractivity contribution in [1.29, 1.82) is 0 Å². The van der Waals surface area contributed by atoms with Crippen LogP contribution in [0.5, 0.6) is 5.75 Å². The van der Waals surface area contributed by atoms with Gasteiger partial charge in [0.15, 0.2) is 0 Å². The molecule has 2 aromatic heterocycles. The number of benzene rings is 1. The molecule has 0 bridgehead atoms. The lowest BCUT2D eigenvalue weighted by molar-refractivity contribution is 0.0609. The van der Waals surface area contributed by atoms with Crippen LogP contribution in [0, 0.1) is 0 Å². The monoisotopic (exact) mass is 479 g/mol. The SMILES string of the molecule is COCCCN(Cc1nc2sc(C(C)C)cc2c(=O)[nH]1)C[C@H](O)COc1ccc(Cl)cc1. The highest BCUT2D eigenvalue weighted by Gasteiger charge is 2.16. The van der Waals surface area contributed by atoms with Crippen LogP contribution in [0.1, 0.15) is 36.9 Å². The third-order valence-corrected chi connectivity index (χ3v) is 6.54. The summed E-state index contributed by atoms with van der Waals surface area (Å²) in [7, 11) is 1.66. The molecule has 0 aliphatic heterocycles. The summed E-state index contributed by atoms with van der Waals surface area (Å²) in [5.41, 5.74) is -0.128. The van der Waals surface area contributed by atoms with E-state index in [0.29, 0.717) is 54.1 Å². The Labute approximate surface area is 197 Å². The van der Waals surface area contributed by atoms with E-state index in [9.17, 15) is 9.90 Å². The molecule has 3 rings (SSSR count). The number of fused-ring (bicyclic) bond motifs is 1. The van der Waals surface area contributed by atoms with Gasteiger partial charge in [-0.3, -0.25) is 9.69 Å². The number of aliphatic hydroxyl groups excluding tert-OH is 1. The number of aliphatic hydroxyl groups is 1. The lowest BCUT2D eigenvalue weighted by Crippen LogP contribution is -2.37. The molecule has 0 saturated carbocycles. The van der Waals surface area contributed by atoms with Crippen LogP contribution in [0.15, 0.2) is 35.1 Å². The van der Waals surface area contributed by atoms with Crippen molar-refractivity contribution in [3.8, 4) is 5.75 Å². The fraction of sp³-hybridized carbons (Fsp3) is 0.478. The van der Waals surface area contributed by atoms with E-state index >= 15 is 0 Å². The number of nitrogens with one attached hydrogen (secondary N) is 1. The molecule has 32 heavy (non-hydrogen) atoms. The van der Waals surface area contributed by atoms with Gasteiger partial charge in [-0.1, -0.05) is 25.4 Å². The van der Waals surface area contributed by atoms with E-state index < -0.39 is 6.10 Å². The number of ether oxygens (including phenoxy) is 2. The van der Waals surface area contributed by atoms with Gasteiger partial charge in [0.25, 0.3) is 5.56 Å². The zero-order valence-corrected chi connectivity index (χ0v) is 20.2. The molecule has 0 aliphatic rings. The Morgan fingerprint density at radius 2 is 2.03 bits per heavy atom. The third-order valence-electron chi connectivity index (χ3n) is 4.96. The highest BCUT2D eigenvalue weighted by Crippen LogP contribution is 2.27. The molecule has 1 aromatic carbocycles. The summed E-state index contributed by atoms with van der Waals surface area (Å²) >= 11 is 7.45. The Bertz CT molecular complexity index is 1050. The molecule has 3 aromatic rings. The van der Waals surface area contributed by atoms with Crippen LogP contribution in [0.3, 0.4) is 0 Å². The fourth-order valence-corrected chi connectivity index (χ4v) is 4.49. The van der Waals surface area contributed by atoms with Crippen molar-refractivity contribution in [1.82, 2.24) is 14.9 Å². The molecule has 0 radical (unpaired) electrons. The van der Waals surface area contributed by atoms with Crippen molar-refractivity contribution < 1.29 is 14.6 Å². The Hall–Kier alpha value is -1.97. The van der Waals surface area contributed by atoms with Crippen LogP contribution in [-0.4, -0.2) is 59.5 Å². The quantitative estimate of drug-likeness (QED) is 0.381. The summed E-state index contributed by atoms with van der Waals surface area (Å²) in [4.78, 5) is 24.1. The van der Waals surface area contributed by atoms with E-state index in [1.54, 1.807) is 42.7 Å². The molecule has 0 saturated heterocycles. The molecule has 174 valence electrons. The second kappa shape index (κ2) is 11.8. The molecule has 0 amide bonds. The summed E-state index contributed by atoms with van der Waals surface area (Å²) in [6, 6.07) is 8.94. The summed E-state index contributed by atoms with van der Waals surface area (Å²) < 4.78 is 10.8. The Morgan fingerprint density at radius 3 is 2.72 bits per heavy atom. The van der Waals surface area contributed by atoms with E-state index in [0.717, 1.165) is 16.1 Å². The van der Waals surface area contributed by atoms with Gasteiger partial charge in [-0.15, -0.1) is 11.3 Å². The van der Waals surface area contributed by atoms with E-state index in [-0.39, 0.29) is 12.2 Å². The molecular formula is C23H30ClN3O4S. The van der Waals surface area contributed by atoms with Crippen LogP contribution in [-0.2, 0) is 11.3 Å². The minimum absolute atomic E-state index is 0.128. The molecule has 9 heteroatoms. The zero-order valence-electron chi connectivity index (χ0n) is 18.6. The highest BCUT2D eigenvalue weighted by molar-refractivity contribution is 7.18. The minimum Gasteiger partial charge on any atom is -0.491 e. The lowest BCUT2D eigenvalue weighted by Gasteiger charge is -2.24. The van der Waals surface area contributed by atoms with Crippen LogP contribution in [0.2, 0.25) is 5.02 Å². The number of methoxy groups -OCH3 is 1. The number of hydrogen-bond acceptors (Lipinski definition) is 7. The van der Waals surface area contributed by atoms with Crippen LogP contribution in [0.4, 0.5) is 0 Å². The average Bonchev–Trinajstić information content (AvgIpc) is 3.19. The number of aromatic amines is 1. The van der Waals surface area contributed by atoms with E-state index in [2.05, 4.69) is 28.7 Å². The Kier molecular flexibility index (Phi) is 9.07. The van der Waals surface area contributed by atoms with Gasteiger partial charge in [0.2, 0.25) is 0 Å². The summed E-state index contributed by atoms with van der Waals surface area (Å²) in [5, 5.41) is 11.8. The van der Waals surface area contributed by atoms with Gasteiger partial charge < -0.3 is 19.6 Å². The van der Waals surface area contributed by atoms with Crippen LogP contribution >= 0.6 is 22.9 Å². The molecule has 7 nitrogen and oxygen atoms in total. The average molecular weight is 480 g/mol. The first-order valence-electron chi connectivity index (χ1n) is 10.7. The second-order valence-corrected chi connectivity index (χ2v) is 9.53. The van der Waals surface area contributed by atoms with Gasteiger partial charge in [-0.05, 0) is 42.7 Å². The van der Waals surface area contributed by atoms with E-state index in [1.165, 1.54) is 0 Å². The number of halogens is 1. The molecule has 1 atom stereocenters. The van der Waals surface area contributed by atoms with Gasteiger partial charge in [0, 0.05) is 36.7 Å². The first-order valence-corrected chi connectivity index (χ1v) is 11.9. The number of rotatable bonds is 12. The van der Waals surface area contributed by atoms with Crippen LogP contribution < -0.4 is 10.3 Å². The topological polar surface area (TPSA) is 87.7 Å². The Balaban J connectivity index is 1.67. The zero-order chi connectivity index (χ0) is 23.1. The largest absolute Gasteiger partial charge is 0.491 e. The predicted molar refractivity (Wildman–Crippen MR) is 129 cm³/mol. The van der Waals surface area contributed by atoms with Crippen LogP contribution in [0.25, 0.3) is 10.2 Å². The minimum atomic E-state index is -0.710. The number of aromatic nitrogens is 2. The summed E-state index contributed by atoms with van der Waals surface area (Å²) in [6.07, 6.45) is 0.0856. The first-order chi connectivity index (χ1) is 15.4. The van der Waals surface area contributed by atoms with Crippen molar-refractivity contribution >= 4 is 33.2 Å². The number of nitrogens with zero attached hydrogens (tertiary/aromatic N) is 2. The molecule has 0 aliphatic carbocycles. The van der Waals surface area contributed by atoms with E-state index in [1.807, 2.05) is 6.07 Å².